The number of para-hydroxylation sites is 2. The summed E-state index contributed by atoms with van der Waals surface area (Å²) in [6, 6.07) is 20.3. The minimum atomic E-state index is 0.184. The van der Waals surface area contributed by atoms with Crippen molar-refractivity contribution in [2.45, 2.75) is 64.5 Å². The van der Waals surface area contributed by atoms with E-state index < -0.39 is 0 Å². The highest BCUT2D eigenvalue weighted by Crippen LogP contribution is 2.37. The van der Waals surface area contributed by atoms with Crippen LogP contribution in [0.4, 0.5) is 0 Å². The molecule has 0 unspecified atom stereocenters. The molecule has 2 aliphatic rings. The fourth-order valence-corrected chi connectivity index (χ4v) is 4.72. The molecule has 3 aromatic rings. The summed E-state index contributed by atoms with van der Waals surface area (Å²) in [7, 11) is 0. The van der Waals surface area contributed by atoms with Gasteiger partial charge in [-0.2, -0.15) is 5.10 Å². The Morgan fingerprint density at radius 3 is 2.28 bits per heavy atom. The van der Waals surface area contributed by atoms with Crippen LogP contribution >= 0.6 is 0 Å². The Hall–Kier alpha value is -3.08. The summed E-state index contributed by atoms with van der Waals surface area (Å²) >= 11 is 0. The number of amides is 1. The first-order valence-corrected chi connectivity index (χ1v) is 11.9. The Morgan fingerprint density at radius 2 is 1.66 bits per heavy atom. The maximum absolute atomic E-state index is 13.4. The van der Waals surface area contributed by atoms with Crippen LogP contribution in [0.15, 0.2) is 60.7 Å². The largest absolute Gasteiger partial charge is 0.439 e. The van der Waals surface area contributed by atoms with Crippen LogP contribution in [-0.4, -0.2) is 26.6 Å². The van der Waals surface area contributed by atoms with E-state index in [2.05, 4.69) is 11.8 Å². The smallest absolute Gasteiger partial charge is 0.227 e. The van der Waals surface area contributed by atoms with Gasteiger partial charge < -0.3 is 9.64 Å². The first-order chi connectivity index (χ1) is 15.7. The summed E-state index contributed by atoms with van der Waals surface area (Å²) in [4.78, 5) is 15.6. The summed E-state index contributed by atoms with van der Waals surface area (Å²) < 4.78 is 8.34. The first kappa shape index (κ1) is 20.8. The third kappa shape index (κ3) is 4.29. The Bertz CT molecular complexity index is 1050. The highest BCUT2D eigenvalue weighted by molar-refractivity contribution is 5.80. The molecule has 0 atom stereocenters. The van der Waals surface area contributed by atoms with Gasteiger partial charge in [-0.1, -0.05) is 56.2 Å². The number of aryl methyl sites for hydroxylation is 1. The molecule has 2 aromatic carbocycles. The number of ether oxygens (including phenoxy) is 1. The van der Waals surface area contributed by atoms with Gasteiger partial charge in [0.05, 0.1) is 23.5 Å². The predicted molar refractivity (Wildman–Crippen MR) is 125 cm³/mol. The van der Waals surface area contributed by atoms with E-state index >= 15 is 0 Å². The van der Waals surface area contributed by atoms with E-state index in [9.17, 15) is 4.79 Å². The Kier molecular flexibility index (Phi) is 5.97. The van der Waals surface area contributed by atoms with Gasteiger partial charge in [0.2, 0.25) is 11.8 Å². The van der Waals surface area contributed by atoms with Crippen LogP contribution in [0.25, 0.3) is 5.69 Å². The normalized spacial score (nSPS) is 16.3. The number of nitrogens with zero attached hydrogens (tertiary/aromatic N) is 3. The predicted octanol–water partition coefficient (Wildman–Crippen LogP) is 5.91. The number of aromatic nitrogens is 2. The van der Waals surface area contributed by atoms with E-state index in [1.807, 2.05) is 65.3 Å². The van der Waals surface area contributed by atoms with E-state index in [1.54, 1.807) is 0 Å². The molecule has 0 saturated heterocycles. The summed E-state index contributed by atoms with van der Waals surface area (Å²) in [5.41, 5.74) is 2.97. The SMILES string of the molecule is CCc1nn(-c2ccccc2)c(Oc2ccccc2)c1CN(C(=O)C1CCCC1)C1CC1. The third-order valence-electron chi connectivity index (χ3n) is 6.62. The minimum absolute atomic E-state index is 0.184. The van der Waals surface area contributed by atoms with E-state index in [0.717, 1.165) is 54.8 Å². The summed E-state index contributed by atoms with van der Waals surface area (Å²) in [5, 5.41) is 4.94. The molecule has 0 spiro atoms. The van der Waals surface area contributed by atoms with Crippen molar-refractivity contribution >= 4 is 5.91 Å². The second-order valence-corrected chi connectivity index (χ2v) is 8.93. The minimum Gasteiger partial charge on any atom is -0.439 e. The van der Waals surface area contributed by atoms with Crippen LogP contribution in [0, 0.1) is 5.92 Å². The quantitative estimate of drug-likeness (QED) is 0.447. The van der Waals surface area contributed by atoms with Gasteiger partial charge in [0.25, 0.3) is 0 Å². The van der Waals surface area contributed by atoms with Gasteiger partial charge in [-0.15, -0.1) is 0 Å². The number of benzene rings is 2. The van der Waals surface area contributed by atoms with Gasteiger partial charge in [0.15, 0.2) is 0 Å². The zero-order valence-electron chi connectivity index (χ0n) is 18.7. The molecular formula is C27H31N3O2. The molecule has 2 saturated carbocycles. The van der Waals surface area contributed by atoms with Crippen molar-refractivity contribution in [2.75, 3.05) is 0 Å². The van der Waals surface area contributed by atoms with Crippen LogP contribution in [-0.2, 0) is 17.8 Å². The monoisotopic (exact) mass is 429 g/mol. The number of carbonyl (C=O) groups excluding carboxylic acids is 1. The molecule has 0 N–H and O–H groups in total. The average molecular weight is 430 g/mol. The van der Waals surface area contributed by atoms with E-state index in [1.165, 1.54) is 12.8 Å². The van der Waals surface area contributed by atoms with Gasteiger partial charge in [-0.3, -0.25) is 4.79 Å². The first-order valence-electron chi connectivity index (χ1n) is 11.9. The Balaban J connectivity index is 1.55. The van der Waals surface area contributed by atoms with Gasteiger partial charge in [0, 0.05) is 12.0 Å². The fourth-order valence-electron chi connectivity index (χ4n) is 4.72. The molecule has 32 heavy (non-hydrogen) atoms. The number of hydrogen-bond acceptors (Lipinski definition) is 3. The van der Waals surface area contributed by atoms with Gasteiger partial charge in [-0.25, -0.2) is 4.68 Å². The second-order valence-electron chi connectivity index (χ2n) is 8.93. The Morgan fingerprint density at radius 1 is 1.00 bits per heavy atom. The van der Waals surface area contributed by atoms with Crippen LogP contribution < -0.4 is 4.74 Å². The lowest BCUT2D eigenvalue weighted by atomic mass is 10.1. The number of carbonyl (C=O) groups is 1. The maximum Gasteiger partial charge on any atom is 0.227 e. The van der Waals surface area contributed by atoms with Crippen molar-refractivity contribution < 1.29 is 9.53 Å². The maximum atomic E-state index is 13.4. The number of rotatable bonds is 8. The lowest BCUT2D eigenvalue weighted by molar-refractivity contribution is -0.136. The van der Waals surface area contributed by atoms with Crippen LogP contribution in [0.3, 0.4) is 0 Å². The molecule has 1 amide bonds. The molecule has 5 heteroatoms. The second kappa shape index (κ2) is 9.19. The summed E-state index contributed by atoms with van der Waals surface area (Å²) in [6.07, 6.45) is 7.38. The van der Waals surface area contributed by atoms with Gasteiger partial charge >= 0.3 is 0 Å². The highest BCUT2D eigenvalue weighted by Gasteiger charge is 2.38. The van der Waals surface area contributed by atoms with E-state index in [0.29, 0.717) is 24.4 Å². The molecule has 0 radical (unpaired) electrons. The molecule has 0 bridgehead atoms. The van der Waals surface area contributed by atoms with E-state index in [4.69, 9.17) is 9.84 Å². The van der Waals surface area contributed by atoms with Crippen molar-refractivity contribution in [1.82, 2.24) is 14.7 Å². The zero-order chi connectivity index (χ0) is 21.9. The zero-order valence-corrected chi connectivity index (χ0v) is 18.7. The molecule has 2 fully saturated rings. The van der Waals surface area contributed by atoms with Crippen molar-refractivity contribution in [3.8, 4) is 17.3 Å². The van der Waals surface area contributed by atoms with Gasteiger partial charge in [-0.05, 0) is 56.4 Å². The highest BCUT2D eigenvalue weighted by atomic mass is 16.5. The molecule has 2 aliphatic carbocycles. The van der Waals surface area contributed by atoms with E-state index in [-0.39, 0.29) is 5.92 Å². The topological polar surface area (TPSA) is 47.4 Å². The summed E-state index contributed by atoms with van der Waals surface area (Å²) in [5.74, 6) is 1.99. The van der Waals surface area contributed by atoms with Crippen molar-refractivity contribution in [2.24, 2.45) is 5.92 Å². The molecule has 0 aliphatic heterocycles. The number of hydrogen-bond donors (Lipinski definition) is 0. The van der Waals surface area contributed by atoms with Crippen LogP contribution in [0.2, 0.25) is 0 Å². The standard InChI is InChI=1S/C27H31N3O2/c1-2-25-24(19-29(21-17-18-21)26(31)20-11-9-10-12-20)27(32-23-15-7-4-8-16-23)30(28-25)22-13-5-3-6-14-22/h3-8,13-16,20-21H,2,9-12,17-19H2,1H3. The third-order valence-corrected chi connectivity index (χ3v) is 6.62. The lowest BCUT2D eigenvalue weighted by Crippen LogP contribution is -2.36. The molecule has 166 valence electrons. The average Bonchev–Trinajstić information content (AvgIpc) is 3.41. The molecular weight excluding hydrogens is 398 g/mol. The lowest BCUT2D eigenvalue weighted by Gasteiger charge is -2.26. The Labute approximate surface area is 190 Å². The molecule has 5 rings (SSSR count). The fraction of sp³-hybridized carbons (Fsp3) is 0.407. The summed E-state index contributed by atoms with van der Waals surface area (Å²) in [6.45, 7) is 2.69. The van der Waals surface area contributed by atoms with Crippen molar-refractivity contribution in [3.05, 3.63) is 71.9 Å². The van der Waals surface area contributed by atoms with Crippen LogP contribution in [0.5, 0.6) is 11.6 Å². The van der Waals surface area contributed by atoms with Crippen molar-refractivity contribution in [1.29, 1.82) is 0 Å². The molecule has 1 heterocycles. The molecule has 1 aromatic heterocycles. The molecule has 5 nitrogen and oxygen atoms in total. The van der Waals surface area contributed by atoms with Crippen LogP contribution in [0.1, 0.15) is 56.7 Å². The van der Waals surface area contributed by atoms with Crippen molar-refractivity contribution in [3.63, 3.8) is 0 Å². The van der Waals surface area contributed by atoms with Gasteiger partial charge in [0.1, 0.15) is 5.75 Å².